The summed E-state index contributed by atoms with van der Waals surface area (Å²) >= 11 is 6.51. The van der Waals surface area contributed by atoms with Gasteiger partial charge in [-0.25, -0.2) is 0 Å². The maximum atomic E-state index is 10.7. The van der Waals surface area contributed by atoms with Gasteiger partial charge >= 0.3 is 24.8 Å². The second-order valence-electron chi connectivity index (χ2n) is 6.85. The molecule has 0 bridgehead atoms. The molecule has 0 N–H and O–H groups in total. The van der Waals surface area contributed by atoms with Crippen LogP contribution in [0, 0.1) is 13.8 Å². The number of carbonyl (C=O) groups is 2. The Morgan fingerprint density at radius 2 is 1.43 bits per heavy atom. The molecule has 5 nitrogen and oxygen atoms in total. The first-order valence-corrected chi connectivity index (χ1v) is 10.5. The van der Waals surface area contributed by atoms with E-state index in [4.69, 9.17) is 9.47 Å². The summed E-state index contributed by atoms with van der Waals surface area (Å²) in [5.41, 5.74) is 3.35. The number of carbonyl (C=O) groups excluding carboxylic acids is 2. The van der Waals surface area contributed by atoms with Crippen LogP contribution in [0.4, 0.5) is 0 Å². The number of hydrogen-bond acceptors (Lipinski definition) is 6. The third-order valence-electron chi connectivity index (χ3n) is 3.49. The summed E-state index contributed by atoms with van der Waals surface area (Å²) in [4.78, 5) is 21.2. The number of aryl methyl sites for hydroxylation is 2. The Morgan fingerprint density at radius 3 is 1.87 bits per heavy atom. The van der Waals surface area contributed by atoms with Gasteiger partial charge in [-0.1, -0.05) is 28.1 Å². The molecule has 8 heteroatoms. The Bertz CT molecular complexity index is 844. The Hall–Kier alpha value is -1.93. The van der Waals surface area contributed by atoms with E-state index in [1.54, 1.807) is 18.2 Å². The number of thiol groups is 1. The van der Waals surface area contributed by atoms with Crippen molar-refractivity contribution in [2.45, 2.75) is 53.8 Å². The summed E-state index contributed by atoms with van der Waals surface area (Å²) in [6.07, 6.45) is 1.90. The summed E-state index contributed by atoms with van der Waals surface area (Å²) in [6, 6.07) is 9.09. The van der Waals surface area contributed by atoms with Crippen molar-refractivity contribution in [3.63, 3.8) is 0 Å². The van der Waals surface area contributed by atoms with E-state index in [0.717, 1.165) is 39.7 Å². The van der Waals surface area contributed by atoms with E-state index in [-0.39, 0.29) is 12.2 Å². The quantitative estimate of drug-likeness (QED) is 0.299. The van der Waals surface area contributed by atoms with E-state index in [1.807, 2.05) is 53.7 Å². The number of hydrogen-bond donors (Lipinski definition) is 1. The van der Waals surface area contributed by atoms with Crippen LogP contribution < -0.4 is 9.47 Å². The van der Waals surface area contributed by atoms with E-state index in [1.165, 1.54) is 0 Å². The van der Waals surface area contributed by atoms with Gasteiger partial charge in [0.2, 0.25) is 0 Å². The monoisotopic (exact) mass is 492 g/mol. The van der Waals surface area contributed by atoms with Crippen molar-refractivity contribution in [3.8, 4) is 11.5 Å². The van der Waals surface area contributed by atoms with Gasteiger partial charge in [0.05, 0.1) is 12.2 Å². The first-order valence-electron chi connectivity index (χ1n) is 9.28. The minimum absolute atomic E-state index is 0.120. The normalized spacial score (nSPS) is 9.63. The maximum absolute atomic E-state index is 10.7. The van der Waals surface area contributed by atoms with Gasteiger partial charge in [0.25, 0.3) is 0 Å². The predicted molar refractivity (Wildman–Crippen MR) is 130 cm³/mol. The first-order chi connectivity index (χ1) is 14.1. The zero-order chi connectivity index (χ0) is 23.3. The molecule has 0 aromatic heterocycles. The Labute approximate surface area is 194 Å². The zero-order valence-corrected chi connectivity index (χ0v) is 20.7. The fourth-order valence-electron chi connectivity index (χ4n) is 2.21. The molecule has 2 rings (SSSR count). The molecule has 0 amide bonds. The van der Waals surface area contributed by atoms with Crippen molar-refractivity contribution < 1.29 is 19.1 Å². The zero-order valence-electron chi connectivity index (χ0n) is 18.2. The van der Waals surface area contributed by atoms with Crippen LogP contribution in [0.25, 0.3) is 0 Å². The number of rotatable bonds is 6. The van der Waals surface area contributed by atoms with E-state index >= 15 is 0 Å². The Morgan fingerprint density at radius 1 is 0.933 bits per heavy atom. The average Bonchev–Trinajstić information content (AvgIpc) is 2.66. The number of benzene rings is 2. The van der Waals surface area contributed by atoms with Crippen LogP contribution in [0.5, 0.6) is 11.5 Å². The molecule has 0 aliphatic rings. The van der Waals surface area contributed by atoms with Crippen LogP contribution in [-0.2, 0) is 0 Å². The summed E-state index contributed by atoms with van der Waals surface area (Å²) in [6.45, 7) is 11.8. The third-order valence-corrected chi connectivity index (χ3v) is 4.18. The van der Waals surface area contributed by atoms with Crippen molar-refractivity contribution in [2.24, 2.45) is 4.30 Å². The van der Waals surface area contributed by atoms with Crippen LogP contribution in [0.2, 0.25) is 0 Å². The number of halogens is 1. The number of ether oxygens (including phenoxy) is 2. The van der Waals surface area contributed by atoms with Crippen LogP contribution in [0.1, 0.15) is 59.5 Å². The third kappa shape index (κ3) is 10.7. The van der Waals surface area contributed by atoms with E-state index < -0.39 is 0 Å². The minimum atomic E-state index is 0.120. The fraction of sp³-hybridized carbons (Fsp3) is 0.364. The van der Waals surface area contributed by atoms with Gasteiger partial charge in [-0.2, -0.15) is 0 Å². The topological polar surface area (TPSA) is 65.0 Å². The molecule has 161 valence electrons. The van der Waals surface area contributed by atoms with Gasteiger partial charge in [-0.3, -0.25) is 9.59 Å². The van der Waals surface area contributed by atoms with Gasteiger partial charge in [-0.05, 0) is 70.9 Å². The van der Waals surface area contributed by atoms with Crippen molar-refractivity contribution in [2.75, 3.05) is 0 Å². The van der Waals surface area contributed by atoms with Crippen molar-refractivity contribution in [3.05, 3.63) is 57.1 Å². The van der Waals surface area contributed by atoms with Gasteiger partial charge in [0.1, 0.15) is 17.8 Å². The first kappa shape index (κ1) is 28.1. The standard InChI is InChI=1S/C11H13BrO2.C11H14O2.BHNS/c1-7(2)14-11-5-9(6-13)10(12)4-8(11)3;1-8(2)13-11-6-10(7-12)5-4-9(11)3;1-2-3/h4-7H,1-3H3;4-8H,1-3H3;3H. The molecule has 1 radical (unpaired) electrons. The van der Waals surface area contributed by atoms with Crippen molar-refractivity contribution in [1.29, 1.82) is 0 Å². The van der Waals surface area contributed by atoms with Crippen LogP contribution in [0.3, 0.4) is 0 Å². The van der Waals surface area contributed by atoms with E-state index in [9.17, 15) is 9.59 Å². The molecule has 0 spiro atoms. The van der Waals surface area contributed by atoms with Gasteiger partial charge in [-0.15, -0.1) is 0 Å². The summed E-state index contributed by atoms with van der Waals surface area (Å²) < 4.78 is 14.6. The van der Waals surface area contributed by atoms with Gasteiger partial charge in [0.15, 0.2) is 6.29 Å². The molecule has 0 unspecified atom stereocenters. The molecule has 0 atom stereocenters. The summed E-state index contributed by atoms with van der Waals surface area (Å²) in [5, 5.41) is 0. The predicted octanol–water partition coefficient (Wildman–Crippen LogP) is 6.14. The van der Waals surface area contributed by atoms with Gasteiger partial charge in [0, 0.05) is 15.6 Å². The van der Waals surface area contributed by atoms with E-state index in [0.29, 0.717) is 11.1 Å². The molecule has 0 aliphatic carbocycles. The van der Waals surface area contributed by atoms with Crippen LogP contribution in [0.15, 0.2) is 39.1 Å². The van der Waals surface area contributed by atoms with Crippen molar-refractivity contribution >= 4 is 49.0 Å². The SMILES string of the molecule is Cc1cc(Br)c(C=O)cc1OC(C)C.Cc1ccc(C=O)cc1OC(C)C.[B]=NS. The molecular formula is C22H28BBrNO4S. The molecule has 30 heavy (non-hydrogen) atoms. The van der Waals surface area contributed by atoms with E-state index in [2.05, 4.69) is 40.7 Å². The second-order valence-corrected chi connectivity index (χ2v) is 7.93. The molecular weight excluding hydrogens is 465 g/mol. The Kier molecular flexibility index (Phi) is 14.0. The fourth-order valence-corrected chi connectivity index (χ4v) is 2.76. The molecule has 0 fully saturated rings. The second kappa shape index (κ2) is 15.0. The number of nitrogens with zero attached hydrogens (tertiary/aromatic N) is 1. The molecule has 0 heterocycles. The van der Waals surface area contributed by atoms with Gasteiger partial charge < -0.3 is 9.47 Å². The molecule has 2 aromatic rings. The summed E-state index contributed by atoms with van der Waals surface area (Å²) in [5.74, 6) is 1.56. The summed E-state index contributed by atoms with van der Waals surface area (Å²) in [7, 11) is 4.34. The van der Waals surface area contributed by atoms with Crippen molar-refractivity contribution in [1.82, 2.24) is 0 Å². The molecule has 0 saturated carbocycles. The number of aldehydes is 2. The molecule has 0 saturated heterocycles. The molecule has 2 aromatic carbocycles. The average molecular weight is 493 g/mol. The Balaban J connectivity index is 0.000000497. The van der Waals surface area contributed by atoms with Crippen LogP contribution in [-0.4, -0.2) is 32.4 Å². The van der Waals surface area contributed by atoms with Crippen LogP contribution >= 0.6 is 28.7 Å². The molecule has 0 aliphatic heterocycles.